The van der Waals surface area contributed by atoms with Gasteiger partial charge in [0, 0.05) is 11.9 Å². The lowest BCUT2D eigenvalue weighted by molar-refractivity contribution is 0.0697. The maximum atomic E-state index is 11.2. The number of carboxylic acid groups (broad SMARTS) is 1. The zero-order valence-electron chi connectivity index (χ0n) is 14.8. The molecule has 0 aliphatic rings. The number of aromatic carboxylic acids is 1. The molecule has 0 atom stereocenters. The van der Waals surface area contributed by atoms with Crippen LogP contribution in [0.2, 0.25) is 0 Å². The third-order valence-electron chi connectivity index (χ3n) is 4.58. The lowest BCUT2D eigenvalue weighted by Crippen LogP contribution is -1.98. The first-order valence-corrected chi connectivity index (χ1v) is 8.66. The Kier molecular flexibility index (Phi) is 4.30. The lowest BCUT2D eigenvalue weighted by Gasteiger charge is -2.08. The molecule has 0 unspecified atom stereocenters. The molecular weight excluding hydrogens is 336 g/mol. The summed E-state index contributed by atoms with van der Waals surface area (Å²) in [6, 6.07) is 23.5. The van der Waals surface area contributed by atoms with E-state index >= 15 is 0 Å². The Morgan fingerprint density at radius 2 is 1.78 bits per heavy atom. The van der Waals surface area contributed by atoms with Gasteiger partial charge in [-0.25, -0.2) is 4.79 Å². The van der Waals surface area contributed by atoms with Crippen LogP contribution in [0.5, 0.6) is 0 Å². The van der Waals surface area contributed by atoms with E-state index in [1.165, 1.54) is 10.8 Å². The minimum atomic E-state index is -0.953. The first-order valence-electron chi connectivity index (χ1n) is 8.66. The van der Waals surface area contributed by atoms with Gasteiger partial charge in [0.15, 0.2) is 0 Å². The van der Waals surface area contributed by atoms with Gasteiger partial charge < -0.3 is 9.67 Å². The predicted molar refractivity (Wildman–Crippen MR) is 109 cm³/mol. The van der Waals surface area contributed by atoms with Crippen LogP contribution in [-0.4, -0.2) is 21.9 Å². The molecule has 27 heavy (non-hydrogen) atoms. The standard InChI is InChI=1S/C23H18N2O2/c1-16-8-9-19(23(26)27)14-22(16)24-15-21-7-4-12-25(21)20-11-10-17-5-2-3-6-18(17)13-20/h2-15H,1H3,(H,26,27). The van der Waals surface area contributed by atoms with Gasteiger partial charge in [-0.1, -0.05) is 36.4 Å². The van der Waals surface area contributed by atoms with Crippen LogP contribution < -0.4 is 0 Å². The number of nitrogens with zero attached hydrogens (tertiary/aromatic N) is 2. The van der Waals surface area contributed by atoms with E-state index in [0.717, 1.165) is 16.9 Å². The van der Waals surface area contributed by atoms with Crippen molar-refractivity contribution in [3.8, 4) is 5.69 Å². The summed E-state index contributed by atoms with van der Waals surface area (Å²) in [5.74, 6) is -0.953. The SMILES string of the molecule is Cc1ccc(C(=O)O)cc1N=Cc1cccn1-c1ccc2ccccc2c1. The molecule has 4 aromatic rings. The molecule has 0 aliphatic carbocycles. The minimum absolute atomic E-state index is 0.234. The van der Waals surface area contributed by atoms with E-state index in [1.807, 2.05) is 37.4 Å². The summed E-state index contributed by atoms with van der Waals surface area (Å²) in [6.45, 7) is 1.92. The summed E-state index contributed by atoms with van der Waals surface area (Å²) in [5, 5.41) is 11.6. The van der Waals surface area contributed by atoms with Crippen LogP contribution in [0.15, 0.2) is 84.0 Å². The molecule has 0 fully saturated rings. The number of aliphatic imine (C=N–C) groups is 1. The van der Waals surface area contributed by atoms with Gasteiger partial charge in [-0.3, -0.25) is 4.99 Å². The van der Waals surface area contributed by atoms with Crippen molar-refractivity contribution in [1.29, 1.82) is 0 Å². The van der Waals surface area contributed by atoms with Crippen LogP contribution >= 0.6 is 0 Å². The fraction of sp³-hybridized carbons (Fsp3) is 0.0435. The van der Waals surface area contributed by atoms with E-state index in [9.17, 15) is 9.90 Å². The van der Waals surface area contributed by atoms with E-state index in [0.29, 0.717) is 5.69 Å². The van der Waals surface area contributed by atoms with Crippen LogP contribution in [0.25, 0.3) is 16.5 Å². The molecule has 1 aromatic heterocycles. The van der Waals surface area contributed by atoms with Gasteiger partial charge in [-0.2, -0.15) is 0 Å². The minimum Gasteiger partial charge on any atom is -0.478 e. The molecule has 3 aromatic carbocycles. The van der Waals surface area contributed by atoms with Crippen molar-refractivity contribution in [3.63, 3.8) is 0 Å². The third-order valence-corrected chi connectivity index (χ3v) is 4.58. The van der Waals surface area contributed by atoms with Crippen LogP contribution in [-0.2, 0) is 0 Å². The Balaban J connectivity index is 1.71. The Morgan fingerprint density at radius 1 is 0.963 bits per heavy atom. The fourth-order valence-electron chi connectivity index (χ4n) is 3.08. The zero-order chi connectivity index (χ0) is 18.8. The molecule has 1 N–H and O–H groups in total. The van der Waals surface area contributed by atoms with Crippen LogP contribution in [0, 0.1) is 6.92 Å². The second-order valence-electron chi connectivity index (χ2n) is 6.40. The Hall–Kier alpha value is -3.66. The monoisotopic (exact) mass is 354 g/mol. The number of rotatable bonds is 4. The maximum Gasteiger partial charge on any atom is 0.335 e. The molecule has 0 saturated carbocycles. The van der Waals surface area contributed by atoms with Gasteiger partial charge in [-0.05, 0) is 59.7 Å². The molecule has 4 nitrogen and oxygen atoms in total. The molecule has 0 spiro atoms. The van der Waals surface area contributed by atoms with Gasteiger partial charge >= 0.3 is 5.97 Å². The van der Waals surface area contributed by atoms with Gasteiger partial charge in [0.25, 0.3) is 0 Å². The highest BCUT2D eigenvalue weighted by atomic mass is 16.4. The first-order chi connectivity index (χ1) is 13.1. The number of hydrogen-bond donors (Lipinski definition) is 1. The van der Waals surface area contributed by atoms with Crippen molar-refractivity contribution >= 4 is 28.6 Å². The number of aryl methyl sites for hydroxylation is 1. The summed E-state index contributed by atoms with van der Waals surface area (Å²) in [7, 11) is 0. The van der Waals surface area contributed by atoms with Gasteiger partial charge in [0.1, 0.15) is 0 Å². The van der Waals surface area contributed by atoms with E-state index < -0.39 is 5.97 Å². The Bertz CT molecular complexity index is 1170. The molecule has 0 bridgehead atoms. The van der Waals surface area contributed by atoms with Crippen molar-refractivity contribution in [2.75, 3.05) is 0 Å². The lowest BCUT2D eigenvalue weighted by atomic mass is 10.1. The fourth-order valence-corrected chi connectivity index (χ4v) is 3.08. The summed E-state index contributed by atoms with van der Waals surface area (Å²) < 4.78 is 2.06. The second-order valence-corrected chi connectivity index (χ2v) is 6.40. The molecule has 0 aliphatic heterocycles. The van der Waals surface area contributed by atoms with Gasteiger partial charge in [0.2, 0.25) is 0 Å². The molecule has 132 valence electrons. The summed E-state index contributed by atoms with van der Waals surface area (Å²) in [4.78, 5) is 15.7. The van der Waals surface area contributed by atoms with Gasteiger partial charge in [-0.15, -0.1) is 0 Å². The molecule has 0 saturated heterocycles. The predicted octanol–water partition coefficient (Wildman–Crippen LogP) is 5.39. The Morgan fingerprint density at radius 3 is 2.59 bits per heavy atom. The topological polar surface area (TPSA) is 54.6 Å². The molecular formula is C23H18N2O2. The number of fused-ring (bicyclic) bond motifs is 1. The number of carbonyl (C=O) groups is 1. The van der Waals surface area contributed by atoms with Gasteiger partial charge in [0.05, 0.1) is 23.2 Å². The van der Waals surface area contributed by atoms with Crippen LogP contribution in [0.3, 0.4) is 0 Å². The smallest absolute Gasteiger partial charge is 0.335 e. The summed E-state index contributed by atoms with van der Waals surface area (Å²) in [6.07, 6.45) is 3.76. The van der Waals surface area contributed by atoms with E-state index in [1.54, 1.807) is 24.4 Å². The number of hydrogen-bond acceptors (Lipinski definition) is 2. The molecule has 0 radical (unpaired) electrons. The number of benzene rings is 3. The van der Waals surface area contributed by atoms with E-state index in [2.05, 4.69) is 39.9 Å². The average molecular weight is 354 g/mol. The molecule has 4 heteroatoms. The van der Waals surface area contributed by atoms with Crippen molar-refractivity contribution in [1.82, 2.24) is 4.57 Å². The average Bonchev–Trinajstić information content (AvgIpc) is 3.15. The molecule has 1 heterocycles. The highest BCUT2D eigenvalue weighted by molar-refractivity contribution is 5.90. The van der Waals surface area contributed by atoms with Crippen LogP contribution in [0.1, 0.15) is 21.6 Å². The van der Waals surface area contributed by atoms with Crippen molar-refractivity contribution in [3.05, 3.63) is 95.8 Å². The van der Waals surface area contributed by atoms with Crippen molar-refractivity contribution < 1.29 is 9.90 Å². The van der Waals surface area contributed by atoms with Crippen molar-refractivity contribution in [2.45, 2.75) is 6.92 Å². The summed E-state index contributed by atoms with van der Waals surface area (Å²) in [5.41, 5.74) is 3.79. The quantitative estimate of drug-likeness (QED) is 0.500. The van der Waals surface area contributed by atoms with E-state index in [4.69, 9.17) is 0 Å². The highest BCUT2D eigenvalue weighted by Crippen LogP contribution is 2.22. The highest BCUT2D eigenvalue weighted by Gasteiger charge is 2.06. The Labute approximate surface area is 157 Å². The maximum absolute atomic E-state index is 11.2. The second kappa shape index (κ2) is 6.92. The number of carboxylic acids is 1. The normalized spacial score (nSPS) is 11.3. The number of aromatic nitrogens is 1. The first kappa shape index (κ1) is 16.8. The van der Waals surface area contributed by atoms with Crippen molar-refractivity contribution in [2.24, 2.45) is 4.99 Å². The van der Waals surface area contributed by atoms with Crippen LogP contribution in [0.4, 0.5) is 5.69 Å². The molecule has 4 rings (SSSR count). The van der Waals surface area contributed by atoms with E-state index in [-0.39, 0.29) is 5.56 Å². The zero-order valence-corrected chi connectivity index (χ0v) is 14.8. The third kappa shape index (κ3) is 3.37. The largest absolute Gasteiger partial charge is 0.478 e. The summed E-state index contributed by atoms with van der Waals surface area (Å²) >= 11 is 0. The molecule has 0 amide bonds.